The number of rotatable bonds is 5. The highest BCUT2D eigenvalue weighted by atomic mass is 79.9. The topological polar surface area (TPSA) is 12.0 Å². The van der Waals surface area contributed by atoms with Crippen LogP contribution in [0.15, 0.2) is 22.7 Å². The van der Waals surface area contributed by atoms with Crippen LogP contribution in [-0.2, 0) is 6.54 Å². The van der Waals surface area contributed by atoms with Gasteiger partial charge < -0.3 is 5.32 Å². The fraction of sp³-hybridized carbons (Fsp3) is 0.500. The Kier molecular flexibility index (Phi) is 6.12. The molecule has 0 amide bonds. The molecule has 1 rings (SSSR count). The van der Waals surface area contributed by atoms with E-state index in [0.29, 0.717) is 17.8 Å². The Labute approximate surface area is 116 Å². The van der Waals surface area contributed by atoms with Crippen LogP contribution in [0, 0.1) is 5.92 Å². The Bertz CT molecular complexity index is 344. The van der Waals surface area contributed by atoms with Gasteiger partial charge in [0, 0.05) is 28.0 Å². The van der Waals surface area contributed by atoms with Gasteiger partial charge in [0.1, 0.15) is 0 Å². The second-order valence-electron chi connectivity index (χ2n) is 4.04. The summed E-state index contributed by atoms with van der Waals surface area (Å²) in [5.41, 5.74) is 1.11. The number of hydrogen-bond donors (Lipinski definition) is 1. The third-order valence-electron chi connectivity index (χ3n) is 2.73. The minimum absolute atomic E-state index is 0.386. The third kappa shape index (κ3) is 4.25. The molecule has 1 aromatic rings. The molecule has 4 heteroatoms. The highest BCUT2D eigenvalue weighted by Gasteiger charge is 2.10. The predicted octanol–water partition coefficient (Wildman–Crippen LogP) is 4.46. The monoisotopic (exact) mass is 323 g/mol. The van der Waals surface area contributed by atoms with E-state index in [4.69, 9.17) is 23.2 Å². The van der Waals surface area contributed by atoms with Gasteiger partial charge in [0.2, 0.25) is 0 Å². The van der Waals surface area contributed by atoms with Gasteiger partial charge in [-0.3, -0.25) is 0 Å². The number of nitrogens with one attached hydrogen (secondary N) is 1. The van der Waals surface area contributed by atoms with E-state index in [0.717, 1.165) is 21.6 Å². The highest BCUT2D eigenvalue weighted by Crippen LogP contribution is 2.21. The fourth-order valence-electron chi connectivity index (χ4n) is 1.27. The molecule has 2 atom stereocenters. The number of hydrogen-bond acceptors (Lipinski definition) is 1. The van der Waals surface area contributed by atoms with Crippen LogP contribution >= 0.6 is 39.1 Å². The first-order valence-corrected chi connectivity index (χ1v) is 6.98. The minimum atomic E-state index is 0.386. The Morgan fingerprint density at radius 1 is 1.38 bits per heavy atom. The average Bonchev–Trinajstić information content (AvgIpc) is 2.26. The molecule has 0 saturated heterocycles. The quantitative estimate of drug-likeness (QED) is 0.789. The molecule has 0 saturated carbocycles. The molecule has 2 unspecified atom stereocenters. The molecule has 16 heavy (non-hydrogen) atoms. The summed E-state index contributed by atoms with van der Waals surface area (Å²) < 4.78 is 1.00. The van der Waals surface area contributed by atoms with Crippen molar-refractivity contribution in [3.63, 3.8) is 0 Å². The van der Waals surface area contributed by atoms with Crippen LogP contribution in [0.4, 0.5) is 0 Å². The minimum Gasteiger partial charge on any atom is -0.310 e. The maximum Gasteiger partial charge on any atom is 0.0462 e. The molecule has 1 N–H and O–H groups in total. The molecule has 0 bridgehead atoms. The van der Waals surface area contributed by atoms with Gasteiger partial charge in [-0.25, -0.2) is 0 Å². The highest BCUT2D eigenvalue weighted by molar-refractivity contribution is 9.10. The number of halogens is 3. The molecule has 1 aromatic carbocycles. The Hall–Kier alpha value is 0.240. The van der Waals surface area contributed by atoms with Crippen LogP contribution in [0.25, 0.3) is 0 Å². The standard InChI is InChI=1S/C12H16BrCl2N/c1-8(6-14)9(2)16-7-10-3-4-11(13)5-12(10)15/h3-5,8-9,16H,6-7H2,1-2H3. The maximum atomic E-state index is 6.13. The van der Waals surface area contributed by atoms with Crippen molar-refractivity contribution in [3.05, 3.63) is 33.3 Å². The maximum absolute atomic E-state index is 6.13. The fourth-order valence-corrected chi connectivity index (χ4v) is 2.28. The van der Waals surface area contributed by atoms with Crippen molar-refractivity contribution < 1.29 is 0 Å². The third-order valence-corrected chi connectivity index (χ3v) is 4.06. The molecule has 0 aliphatic heterocycles. The van der Waals surface area contributed by atoms with E-state index in [1.807, 2.05) is 18.2 Å². The first kappa shape index (κ1) is 14.3. The van der Waals surface area contributed by atoms with Gasteiger partial charge in [-0.15, -0.1) is 11.6 Å². The van der Waals surface area contributed by atoms with Crippen molar-refractivity contribution in [1.29, 1.82) is 0 Å². The van der Waals surface area contributed by atoms with Crippen LogP contribution in [0.2, 0.25) is 5.02 Å². The first-order chi connectivity index (χ1) is 7.54. The lowest BCUT2D eigenvalue weighted by molar-refractivity contribution is 0.430. The second kappa shape index (κ2) is 6.85. The molecule has 90 valence electrons. The van der Waals surface area contributed by atoms with Gasteiger partial charge in [-0.1, -0.05) is 40.5 Å². The zero-order valence-electron chi connectivity index (χ0n) is 9.43. The lowest BCUT2D eigenvalue weighted by Gasteiger charge is -2.19. The Morgan fingerprint density at radius 3 is 2.62 bits per heavy atom. The molecular weight excluding hydrogens is 309 g/mol. The van der Waals surface area contributed by atoms with Crippen LogP contribution < -0.4 is 5.32 Å². The van der Waals surface area contributed by atoms with E-state index in [2.05, 4.69) is 35.1 Å². The number of benzene rings is 1. The van der Waals surface area contributed by atoms with Crippen molar-refractivity contribution in [2.24, 2.45) is 5.92 Å². The van der Waals surface area contributed by atoms with E-state index in [-0.39, 0.29) is 0 Å². The first-order valence-electron chi connectivity index (χ1n) is 5.28. The van der Waals surface area contributed by atoms with Crippen molar-refractivity contribution in [2.45, 2.75) is 26.4 Å². The van der Waals surface area contributed by atoms with Crippen molar-refractivity contribution in [1.82, 2.24) is 5.32 Å². The summed E-state index contributed by atoms with van der Waals surface area (Å²) in [5.74, 6) is 1.12. The second-order valence-corrected chi connectivity index (χ2v) is 5.67. The zero-order chi connectivity index (χ0) is 12.1. The predicted molar refractivity (Wildman–Crippen MR) is 75.3 cm³/mol. The summed E-state index contributed by atoms with van der Waals surface area (Å²) in [4.78, 5) is 0. The summed E-state index contributed by atoms with van der Waals surface area (Å²) in [6.45, 7) is 5.04. The molecule has 0 aliphatic carbocycles. The SMILES string of the molecule is CC(CCl)C(C)NCc1ccc(Br)cc1Cl. The summed E-state index contributed by atoms with van der Waals surface area (Å²) in [7, 11) is 0. The van der Waals surface area contributed by atoms with Gasteiger partial charge in [0.05, 0.1) is 0 Å². The van der Waals surface area contributed by atoms with Crippen LogP contribution in [0.3, 0.4) is 0 Å². The van der Waals surface area contributed by atoms with Gasteiger partial charge in [0.15, 0.2) is 0 Å². The van der Waals surface area contributed by atoms with Crippen LogP contribution in [0.1, 0.15) is 19.4 Å². The van der Waals surface area contributed by atoms with Crippen molar-refractivity contribution in [3.8, 4) is 0 Å². The van der Waals surface area contributed by atoms with Gasteiger partial charge >= 0.3 is 0 Å². The molecule has 0 spiro atoms. The van der Waals surface area contributed by atoms with E-state index in [1.165, 1.54) is 0 Å². The largest absolute Gasteiger partial charge is 0.310 e. The average molecular weight is 325 g/mol. The summed E-state index contributed by atoms with van der Waals surface area (Å²) >= 11 is 15.3. The lowest BCUT2D eigenvalue weighted by atomic mass is 10.1. The van der Waals surface area contributed by atoms with Gasteiger partial charge in [-0.05, 0) is 30.5 Å². The Balaban J connectivity index is 2.54. The van der Waals surface area contributed by atoms with E-state index in [9.17, 15) is 0 Å². The summed E-state index contributed by atoms with van der Waals surface area (Å²) in [6.07, 6.45) is 0. The lowest BCUT2D eigenvalue weighted by Crippen LogP contribution is -2.32. The summed E-state index contributed by atoms with van der Waals surface area (Å²) in [6, 6.07) is 6.32. The number of alkyl halides is 1. The van der Waals surface area contributed by atoms with Gasteiger partial charge in [0.25, 0.3) is 0 Å². The van der Waals surface area contributed by atoms with E-state index in [1.54, 1.807) is 0 Å². The van der Waals surface area contributed by atoms with Crippen molar-refractivity contribution in [2.75, 3.05) is 5.88 Å². The van der Waals surface area contributed by atoms with E-state index >= 15 is 0 Å². The van der Waals surface area contributed by atoms with Crippen LogP contribution in [-0.4, -0.2) is 11.9 Å². The zero-order valence-corrected chi connectivity index (χ0v) is 12.5. The Morgan fingerprint density at radius 2 is 2.06 bits per heavy atom. The smallest absolute Gasteiger partial charge is 0.0462 e. The molecule has 1 nitrogen and oxygen atoms in total. The van der Waals surface area contributed by atoms with Crippen molar-refractivity contribution >= 4 is 39.1 Å². The molecule has 0 heterocycles. The van der Waals surface area contributed by atoms with Crippen LogP contribution in [0.5, 0.6) is 0 Å². The van der Waals surface area contributed by atoms with Gasteiger partial charge in [-0.2, -0.15) is 0 Å². The molecule has 0 radical (unpaired) electrons. The molecule has 0 aliphatic rings. The molecule has 0 fully saturated rings. The van der Waals surface area contributed by atoms with E-state index < -0.39 is 0 Å². The summed E-state index contributed by atoms with van der Waals surface area (Å²) in [5, 5.41) is 4.21. The molecule has 0 aromatic heterocycles. The normalized spacial score (nSPS) is 14.8. The molecular formula is C12H16BrCl2N.